The van der Waals surface area contributed by atoms with Gasteiger partial charge in [-0.05, 0) is 49.8 Å². The van der Waals surface area contributed by atoms with E-state index in [1.807, 2.05) is 19.1 Å². The molecule has 0 aliphatic heterocycles. The fourth-order valence-electron chi connectivity index (χ4n) is 2.97. The van der Waals surface area contributed by atoms with E-state index in [1.165, 1.54) is 29.7 Å². The van der Waals surface area contributed by atoms with Gasteiger partial charge in [-0.25, -0.2) is 0 Å². The van der Waals surface area contributed by atoms with Crippen LogP contribution in [0.3, 0.4) is 0 Å². The largest absolute Gasteiger partial charge is 0.324 e. The molecule has 18 heavy (non-hydrogen) atoms. The maximum Gasteiger partial charge on any atom is 0.0894 e. The molecule has 0 amide bonds. The Hall–Kier alpha value is -1.12. The fourth-order valence-corrected chi connectivity index (χ4v) is 3.18. The predicted molar refractivity (Wildman–Crippen MR) is 76.0 cm³/mol. The fraction of sp³-hybridized carbons (Fsp3) is 0.400. The topological polar surface area (TPSA) is 38.9 Å². The number of hydrogen-bond acceptors (Lipinski definition) is 2. The van der Waals surface area contributed by atoms with E-state index in [2.05, 4.69) is 6.07 Å². The average Bonchev–Trinajstić information content (AvgIpc) is 2.36. The van der Waals surface area contributed by atoms with Crippen LogP contribution in [0.15, 0.2) is 18.2 Å². The summed E-state index contributed by atoms with van der Waals surface area (Å²) >= 11 is 6.27. The van der Waals surface area contributed by atoms with Crippen molar-refractivity contribution in [2.45, 2.75) is 38.6 Å². The number of halogens is 1. The summed E-state index contributed by atoms with van der Waals surface area (Å²) in [6, 6.07) is 5.99. The zero-order chi connectivity index (χ0) is 12.7. The van der Waals surface area contributed by atoms with Crippen molar-refractivity contribution < 1.29 is 0 Å². The van der Waals surface area contributed by atoms with Gasteiger partial charge < -0.3 is 5.73 Å². The van der Waals surface area contributed by atoms with Crippen molar-refractivity contribution in [2.24, 2.45) is 5.73 Å². The van der Waals surface area contributed by atoms with Gasteiger partial charge in [0.15, 0.2) is 0 Å². The number of fused-ring (bicyclic) bond motifs is 2. The Morgan fingerprint density at radius 3 is 2.83 bits per heavy atom. The maximum absolute atomic E-state index is 6.27. The Morgan fingerprint density at radius 1 is 1.28 bits per heavy atom. The minimum Gasteiger partial charge on any atom is -0.324 e. The third-order valence-corrected chi connectivity index (χ3v) is 4.05. The number of hydrogen-bond donors (Lipinski definition) is 1. The molecule has 0 spiro atoms. The highest BCUT2D eigenvalue weighted by Crippen LogP contribution is 2.34. The number of rotatable bonds is 1. The third kappa shape index (κ3) is 1.80. The molecule has 1 aromatic heterocycles. The Morgan fingerprint density at radius 2 is 2.06 bits per heavy atom. The second-order valence-electron chi connectivity index (χ2n) is 5.08. The first-order valence-electron chi connectivity index (χ1n) is 6.54. The number of nitrogens with zero attached hydrogens (tertiary/aromatic N) is 1. The summed E-state index contributed by atoms with van der Waals surface area (Å²) in [4.78, 5) is 4.77. The van der Waals surface area contributed by atoms with Crippen LogP contribution in [0.5, 0.6) is 0 Å². The van der Waals surface area contributed by atoms with Crippen LogP contribution in [0.1, 0.15) is 42.6 Å². The minimum absolute atomic E-state index is 0.0285. The van der Waals surface area contributed by atoms with Crippen LogP contribution in [0, 0.1) is 0 Å². The van der Waals surface area contributed by atoms with E-state index in [1.54, 1.807) is 0 Å². The van der Waals surface area contributed by atoms with Crippen LogP contribution in [0.4, 0.5) is 0 Å². The van der Waals surface area contributed by atoms with Crippen molar-refractivity contribution in [1.82, 2.24) is 4.98 Å². The Balaban J connectivity index is 2.40. The van der Waals surface area contributed by atoms with Gasteiger partial charge in [0.2, 0.25) is 0 Å². The molecule has 1 aromatic carbocycles. The molecule has 1 aliphatic rings. The summed E-state index contributed by atoms with van der Waals surface area (Å²) < 4.78 is 0. The first kappa shape index (κ1) is 11.9. The van der Waals surface area contributed by atoms with Crippen molar-refractivity contribution in [2.75, 3.05) is 0 Å². The average molecular weight is 261 g/mol. The lowest BCUT2D eigenvalue weighted by molar-refractivity contribution is 0.655. The zero-order valence-electron chi connectivity index (χ0n) is 10.5. The molecule has 3 heteroatoms. The molecule has 0 fully saturated rings. The molecule has 3 rings (SSSR count). The summed E-state index contributed by atoms with van der Waals surface area (Å²) in [6.07, 6.45) is 4.60. The predicted octanol–water partition coefficient (Wildman–Crippen LogP) is 3.79. The second-order valence-corrected chi connectivity index (χ2v) is 5.49. The normalized spacial score (nSPS) is 16.6. The lowest BCUT2D eigenvalue weighted by Crippen LogP contribution is -2.15. The van der Waals surface area contributed by atoms with Crippen LogP contribution in [-0.2, 0) is 12.8 Å². The van der Waals surface area contributed by atoms with Gasteiger partial charge in [-0.3, -0.25) is 4.98 Å². The van der Waals surface area contributed by atoms with E-state index >= 15 is 0 Å². The summed E-state index contributed by atoms with van der Waals surface area (Å²) in [5, 5.41) is 1.85. The van der Waals surface area contributed by atoms with Gasteiger partial charge in [-0.15, -0.1) is 0 Å². The number of aryl methyl sites for hydroxylation is 1. The highest BCUT2D eigenvalue weighted by Gasteiger charge is 2.20. The van der Waals surface area contributed by atoms with Gasteiger partial charge in [0.1, 0.15) is 0 Å². The van der Waals surface area contributed by atoms with E-state index < -0.39 is 0 Å². The third-order valence-electron chi connectivity index (χ3n) is 3.74. The molecule has 2 nitrogen and oxygen atoms in total. The van der Waals surface area contributed by atoms with Crippen LogP contribution >= 0.6 is 11.6 Å². The van der Waals surface area contributed by atoms with Gasteiger partial charge >= 0.3 is 0 Å². The van der Waals surface area contributed by atoms with Crippen LogP contribution in [0.25, 0.3) is 10.9 Å². The van der Waals surface area contributed by atoms with E-state index in [4.69, 9.17) is 22.3 Å². The zero-order valence-corrected chi connectivity index (χ0v) is 11.3. The Kier molecular flexibility index (Phi) is 3.00. The molecule has 0 saturated heterocycles. The van der Waals surface area contributed by atoms with Gasteiger partial charge in [0.25, 0.3) is 0 Å². The summed E-state index contributed by atoms with van der Waals surface area (Å²) in [7, 11) is 0. The van der Waals surface area contributed by atoms with Crippen molar-refractivity contribution >= 4 is 22.5 Å². The maximum atomic E-state index is 6.27. The highest BCUT2D eigenvalue weighted by atomic mass is 35.5. The van der Waals surface area contributed by atoms with E-state index in [0.717, 1.165) is 28.8 Å². The Bertz CT molecular complexity index is 605. The van der Waals surface area contributed by atoms with Crippen molar-refractivity contribution in [1.29, 1.82) is 0 Å². The number of benzene rings is 1. The lowest BCUT2D eigenvalue weighted by atomic mass is 9.87. The van der Waals surface area contributed by atoms with Gasteiger partial charge in [0, 0.05) is 17.1 Å². The SMILES string of the molecule is CC(N)c1c2c(nc3c(Cl)cccc13)CCCC2. The van der Waals surface area contributed by atoms with Gasteiger partial charge in [0.05, 0.1) is 10.5 Å². The first-order chi connectivity index (χ1) is 8.68. The first-order valence-corrected chi connectivity index (χ1v) is 6.91. The minimum atomic E-state index is 0.0285. The molecule has 0 radical (unpaired) electrons. The molecule has 1 unspecified atom stereocenters. The number of nitrogens with two attached hydrogens (primary N) is 1. The quantitative estimate of drug-likeness (QED) is 0.847. The number of pyridine rings is 1. The molecule has 1 aliphatic carbocycles. The molecule has 1 heterocycles. The molecule has 2 aromatic rings. The molecule has 94 valence electrons. The molecular formula is C15H17ClN2. The van der Waals surface area contributed by atoms with Crippen LogP contribution < -0.4 is 5.73 Å². The molecule has 0 bridgehead atoms. The molecule has 1 atom stereocenters. The monoisotopic (exact) mass is 260 g/mol. The smallest absolute Gasteiger partial charge is 0.0894 e. The van der Waals surface area contributed by atoms with E-state index in [0.29, 0.717) is 0 Å². The van der Waals surface area contributed by atoms with Crippen LogP contribution in [-0.4, -0.2) is 4.98 Å². The van der Waals surface area contributed by atoms with Crippen LogP contribution in [0.2, 0.25) is 5.02 Å². The molecular weight excluding hydrogens is 244 g/mol. The second kappa shape index (κ2) is 4.52. The van der Waals surface area contributed by atoms with Crippen molar-refractivity contribution in [3.05, 3.63) is 40.0 Å². The summed E-state index contributed by atoms with van der Waals surface area (Å²) in [6.45, 7) is 2.05. The van der Waals surface area contributed by atoms with Crippen molar-refractivity contribution in [3.8, 4) is 0 Å². The van der Waals surface area contributed by atoms with Gasteiger partial charge in [-0.1, -0.05) is 23.7 Å². The summed E-state index contributed by atoms with van der Waals surface area (Å²) in [5.74, 6) is 0. The number of para-hydroxylation sites is 1. The molecule has 2 N–H and O–H groups in total. The lowest BCUT2D eigenvalue weighted by Gasteiger charge is -2.23. The number of aromatic nitrogens is 1. The summed E-state index contributed by atoms with van der Waals surface area (Å²) in [5.41, 5.74) is 10.9. The molecule has 0 saturated carbocycles. The van der Waals surface area contributed by atoms with E-state index in [-0.39, 0.29) is 6.04 Å². The van der Waals surface area contributed by atoms with Crippen molar-refractivity contribution in [3.63, 3.8) is 0 Å². The highest BCUT2D eigenvalue weighted by molar-refractivity contribution is 6.35. The standard InChI is InChI=1S/C15H17ClN2/c1-9(17)14-10-5-2-3-8-13(10)18-15-11(14)6-4-7-12(15)16/h4,6-7,9H,2-3,5,8,17H2,1H3. The van der Waals surface area contributed by atoms with Gasteiger partial charge in [-0.2, -0.15) is 0 Å². The van der Waals surface area contributed by atoms with E-state index in [9.17, 15) is 0 Å². The Labute approximate surface area is 112 Å².